The molecule has 38 heavy (non-hydrogen) atoms. The van der Waals surface area contributed by atoms with Crippen molar-refractivity contribution in [1.29, 1.82) is 0 Å². The van der Waals surface area contributed by atoms with Crippen molar-refractivity contribution in [2.24, 2.45) is 0 Å². The van der Waals surface area contributed by atoms with Crippen LogP contribution in [0, 0.1) is 0 Å². The van der Waals surface area contributed by atoms with Gasteiger partial charge < -0.3 is 20.1 Å². The average molecular weight is 509 g/mol. The number of hydrogen-bond acceptors (Lipinski definition) is 7. The zero-order valence-corrected chi connectivity index (χ0v) is 21.6. The summed E-state index contributed by atoms with van der Waals surface area (Å²) in [6, 6.07) is 18.7. The molecule has 0 aliphatic heterocycles. The predicted molar refractivity (Wildman–Crippen MR) is 147 cm³/mol. The van der Waals surface area contributed by atoms with E-state index in [1.807, 2.05) is 75.4 Å². The molecule has 0 unspecified atom stereocenters. The van der Waals surface area contributed by atoms with Gasteiger partial charge in [-0.05, 0) is 36.2 Å². The number of H-pyrrole nitrogens is 1. The molecule has 3 N–H and O–H groups in total. The lowest BCUT2D eigenvalue weighted by atomic mass is 9.93. The quantitative estimate of drug-likeness (QED) is 0.229. The van der Waals surface area contributed by atoms with E-state index in [-0.39, 0.29) is 23.5 Å². The van der Waals surface area contributed by atoms with Crippen molar-refractivity contribution in [3.63, 3.8) is 0 Å². The highest BCUT2D eigenvalue weighted by atomic mass is 16.5. The van der Waals surface area contributed by atoms with Gasteiger partial charge in [0, 0.05) is 28.4 Å². The van der Waals surface area contributed by atoms with Crippen LogP contribution < -0.4 is 10.6 Å². The van der Waals surface area contributed by atoms with Crippen LogP contribution in [0.1, 0.15) is 49.4 Å². The van der Waals surface area contributed by atoms with Crippen LogP contribution in [0.4, 0.5) is 17.3 Å². The van der Waals surface area contributed by atoms with Crippen LogP contribution >= 0.6 is 0 Å². The predicted octanol–water partition coefficient (Wildman–Crippen LogP) is 6.04. The third-order valence-corrected chi connectivity index (χ3v) is 6.13. The fraction of sp³-hybridized carbons (Fsp3) is 0.207. The highest BCUT2D eigenvalue weighted by molar-refractivity contribution is 5.96. The number of Topliss-reactive ketones (excluding diaryl/α,β-unsaturated/α-hetero) is 1. The second-order valence-electron chi connectivity index (χ2n) is 10.2. The number of amides is 1. The fourth-order valence-electron chi connectivity index (χ4n) is 3.98. The first-order valence-corrected chi connectivity index (χ1v) is 12.2. The maximum Gasteiger partial charge on any atom is 0.230 e. The molecule has 0 saturated heterocycles. The number of anilines is 3. The van der Waals surface area contributed by atoms with Gasteiger partial charge in [-0.2, -0.15) is 0 Å². The van der Waals surface area contributed by atoms with Gasteiger partial charge in [0.25, 0.3) is 0 Å². The van der Waals surface area contributed by atoms with Gasteiger partial charge in [-0.25, -0.2) is 9.97 Å². The monoisotopic (exact) mass is 508 g/mol. The van der Waals surface area contributed by atoms with Gasteiger partial charge in [0.05, 0.1) is 11.8 Å². The highest BCUT2D eigenvalue weighted by Crippen LogP contribution is 2.29. The molecule has 5 aromatic rings. The van der Waals surface area contributed by atoms with E-state index in [0.29, 0.717) is 28.6 Å². The number of carbonyl (C=O) groups excluding carboxylic acids is 2. The molecule has 0 spiro atoms. The van der Waals surface area contributed by atoms with Gasteiger partial charge in [-0.1, -0.05) is 62.3 Å². The number of hydrogen-bond donors (Lipinski definition) is 3. The third-order valence-electron chi connectivity index (χ3n) is 6.13. The van der Waals surface area contributed by atoms with Crippen molar-refractivity contribution < 1.29 is 14.1 Å². The molecule has 9 nitrogen and oxygen atoms in total. The summed E-state index contributed by atoms with van der Waals surface area (Å²) < 4.78 is 5.32. The van der Waals surface area contributed by atoms with Gasteiger partial charge in [0.2, 0.25) is 5.91 Å². The van der Waals surface area contributed by atoms with Gasteiger partial charge >= 0.3 is 0 Å². The zero-order valence-electron chi connectivity index (χ0n) is 21.6. The minimum Gasteiger partial charge on any atom is -0.359 e. The summed E-state index contributed by atoms with van der Waals surface area (Å²) in [5.74, 6) is 1.63. The molecule has 0 saturated carbocycles. The molecule has 2 aromatic carbocycles. The maximum atomic E-state index is 12.5. The number of carbonyl (C=O) groups is 2. The summed E-state index contributed by atoms with van der Waals surface area (Å²) >= 11 is 0. The summed E-state index contributed by atoms with van der Waals surface area (Å²) in [4.78, 5) is 36.1. The number of aromatic amines is 1. The van der Waals surface area contributed by atoms with Crippen LogP contribution in [-0.2, 0) is 16.6 Å². The number of rotatable bonds is 7. The van der Waals surface area contributed by atoms with E-state index in [1.54, 1.807) is 13.0 Å². The summed E-state index contributed by atoms with van der Waals surface area (Å²) in [6.07, 6.45) is 1.71. The molecule has 0 bridgehead atoms. The highest BCUT2D eigenvalue weighted by Gasteiger charge is 2.20. The summed E-state index contributed by atoms with van der Waals surface area (Å²) in [5.41, 5.74) is 4.69. The first kappa shape index (κ1) is 24.9. The number of benzene rings is 2. The molecular formula is C29H28N6O3. The standard InChI is InChI=1S/C29H28N6O3/c1-17(36)19-7-9-20(10-8-19)23-14-22-27(30-16-31-28(22)33-23)32-21-11-5-18(6-12-21)13-26(37)34-25-15-24(38-35-25)29(2,3)4/h5-12,14-16H,13H2,1-4H3,(H,34,35,37)(H2,30,31,32,33). The Morgan fingerprint density at radius 2 is 1.71 bits per heavy atom. The van der Waals surface area contributed by atoms with Gasteiger partial charge in [-0.3, -0.25) is 9.59 Å². The van der Waals surface area contributed by atoms with Crippen molar-refractivity contribution in [3.8, 4) is 11.3 Å². The molecule has 3 heterocycles. The van der Waals surface area contributed by atoms with E-state index in [9.17, 15) is 9.59 Å². The summed E-state index contributed by atoms with van der Waals surface area (Å²) in [6.45, 7) is 7.61. The first-order valence-electron chi connectivity index (χ1n) is 12.2. The Morgan fingerprint density at radius 1 is 0.974 bits per heavy atom. The van der Waals surface area contributed by atoms with Crippen molar-refractivity contribution in [1.82, 2.24) is 20.1 Å². The normalized spacial score (nSPS) is 11.5. The van der Waals surface area contributed by atoms with E-state index >= 15 is 0 Å². The Labute approximate surface area is 219 Å². The second-order valence-corrected chi connectivity index (χ2v) is 10.2. The number of fused-ring (bicyclic) bond motifs is 1. The van der Waals surface area contributed by atoms with Gasteiger partial charge in [0.15, 0.2) is 11.6 Å². The molecule has 0 aliphatic carbocycles. The SMILES string of the molecule is CC(=O)c1ccc(-c2cc3c(Nc4ccc(CC(=O)Nc5cc(C(C)(C)C)on5)cc4)ncnc3[nH]2)cc1. The van der Waals surface area contributed by atoms with Crippen LogP contribution in [0.5, 0.6) is 0 Å². The van der Waals surface area contributed by atoms with Crippen LogP contribution in [-0.4, -0.2) is 31.8 Å². The smallest absolute Gasteiger partial charge is 0.230 e. The molecule has 3 aromatic heterocycles. The summed E-state index contributed by atoms with van der Waals surface area (Å²) in [7, 11) is 0. The fourth-order valence-corrected chi connectivity index (χ4v) is 3.98. The Kier molecular flexibility index (Phi) is 6.50. The molecule has 0 fully saturated rings. The number of ketones is 1. The lowest BCUT2D eigenvalue weighted by Crippen LogP contribution is -2.14. The lowest BCUT2D eigenvalue weighted by Gasteiger charge is -2.12. The minimum atomic E-state index is -0.183. The zero-order chi connectivity index (χ0) is 26.9. The van der Waals surface area contributed by atoms with Crippen LogP contribution in [0.3, 0.4) is 0 Å². The Morgan fingerprint density at radius 3 is 2.37 bits per heavy atom. The Bertz CT molecular complexity index is 1610. The molecule has 0 atom stereocenters. The van der Waals surface area contributed by atoms with Crippen molar-refractivity contribution in [3.05, 3.63) is 83.9 Å². The van der Waals surface area contributed by atoms with Crippen molar-refractivity contribution in [2.75, 3.05) is 10.6 Å². The summed E-state index contributed by atoms with van der Waals surface area (Å²) in [5, 5.41) is 10.9. The second kappa shape index (κ2) is 9.93. The van der Waals surface area contributed by atoms with Crippen LogP contribution in [0.2, 0.25) is 0 Å². The van der Waals surface area contributed by atoms with E-state index in [2.05, 4.69) is 30.7 Å². The Balaban J connectivity index is 1.26. The van der Waals surface area contributed by atoms with E-state index in [1.165, 1.54) is 6.33 Å². The molecular weight excluding hydrogens is 480 g/mol. The van der Waals surface area contributed by atoms with Gasteiger partial charge in [0.1, 0.15) is 23.6 Å². The Hall–Kier alpha value is -4.79. The molecule has 9 heteroatoms. The average Bonchev–Trinajstić information content (AvgIpc) is 3.53. The largest absolute Gasteiger partial charge is 0.359 e. The first-order chi connectivity index (χ1) is 18.2. The number of nitrogens with zero attached hydrogens (tertiary/aromatic N) is 3. The van der Waals surface area contributed by atoms with E-state index in [0.717, 1.165) is 27.9 Å². The molecule has 1 amide bonds. The topological polar surface area (TPSA) is 126 Å². The molecule has 0 radical (unpaired) electrons. The third kappa shape index (κ3) is 5.46. The van der Waals surface area contributed by atoms with E-state index < -0.39 is 0 Å². The maximum absolute atomic E-state index is 12.5. The van der Waals surface area contributed by atoms with E-state index in [4.69, 9.17) is 4.52 Å². The van der Waals surface area contributed by atoms with Gasteiger partial charge in [-0.15, -0.1) is 0 Å². The molecule has 5 rings (SSSR count). The molecule has 192 valence electrons. The van der Waals surface area contributed by atoms with Crippen LogP contribution in [0.25, 0.3) is 22.3 Å². The van der Waals surface area contributed by atoms with Crippen molar-refractivity contribution >= 4 is 40.0 Å². The minimum absolute atomic E-state index is 0.0295. The van der Waals surface area contributed by atoms with Crippen LogP contribution in [0.15, 0.2) is 71.5 Å². The number of aromatic nitrogens is 4. The number of nitrogens with one attached hydrogen (secondary N) is 3. The lowest BCUT2D eigenvalue weighted by molar-refractivity contribution is -0.115. The molecule has 0 aliphatic rings. The van der Waals surface area contributed by atoms with Crippen molar-refractivity contribution in [2.45, 2.75) is 39.5 Å².